The smallest absolute Gasteiger partial charge is 0.0983 e. The van der Waals surface area contributed by atoms with Crippen molar-refractivity contribution in [2.75, 3.05) is 18.0 Å². The summed E-state index contributed by atoms with van der Waals surface area (Å²) in [6, 6.07) is 6.93. The molecule has 1 aromatic carbocycles. The minimum Gasteiger partial charge on any atom is -0.372 e. The first kappa shape index (κ1) is 15.9. The number of hydrogen-bond donors (Lipinski definition) is 1. The average molecular weight is 308 g/mol. The van der Waals surface area contributed by atoms with E-state index in [0.717, 1.165) is 38.2 Å². The van der Waals surface area contributed by atoms with Crippen LogP contribution in [0.25, 0.3) is 0 Å². The number of aryl methyl sites for hydroxylation is 2. The van der Waals surface area contributed by atoms with Crippen LogP contribution in [-0.2, 0) is 12.8 Å². The SMILES string of the molecule is C=C1NCCCN1c1ccc(CC)c(CCC2=CCCC=C2)c1. The Kier molecular flexibility index (Phi) is 5.22. The summed E-state index contributed by atoms with van der Waals surface area (Å²) in [5, 5.41) is 3.38. The van der Waals surface area contributed by atoms with E-state index < -0.39 is 0 Å². The van der Waals surface area contributed by atoms with E-state index in [2.05, 4.69) is 60.1 Å². The molecule has 2 nitrogen and oxygen atoms in total. The van der Waals surface area contributed by atoms with E-state index in [1.165, 1.54) is 41.6 Å². The molecule has 23 heavy (non-hydrogen) atoms. The molecule has 2 heteroatoms. The second-order valence-electron chi connectivity index (χ2n) is 6.44. The van der Waals surface area contributed by atoms with Crippen LogP contribution in [-0.4, -0.2) is 13.1 Å². The van der Waals surface area contributed by atoms with E-state index in [0.29, 0.717) is 0 Å². The Labute approximate surface area is 140 Å². The lowest BCUT2D eigenvalue weighted by Gasteiger charge is -2.32. The van der Waals surface area contributed by atoms with Gasteiger partial charge >= 0.3 is 0 Å². The lowest BCUT2D eigenvalue weighted by Crippen LogP contribution is -2.38. The molecular formula is C21H28N2. The van der Waals surface area contributed by atoms with Crippen LogP contribution < -0.4 is 10.2 Å². The van der Waals surface area contributed by atoms with Crippen molar-refractivity contribution < 1.29 is 0 Å². The molecule has 1 saturated heterocycles. The largest absolute Gasteiger partial charge is 0.372 e. The molecule has 0 aromatic heterocycles. The van der Waals surface area contributed by atoms with Gasteiger partial charge in [-0.15, -0.1) is 0 Å². The molecule has 0 spiro atoms. The van der Waals surface area contributed by atoms with Gasteiger partial charge in [-0.05, 0) is 61.8 Å². The summed E-state index contributed by atoms with van der Waals surface area (Å²) in [7, 11) is 0. The highest BCUT2D eigenvalue weighted by atomic mass is 15.3. The van der Waals surface area contributed by atoms with Gasteiger partial charge in [-0.3, -0.25) is 0 Å². The lowest BCUT2D eigenvalue weighted by atomic mass is 9.95. The predicted octanol–water partition coefficient (Wildman–Crippen LogP) is 4.73. The maximum atomic E-state index is 4.16. The summed E-state index contributed by atoms with van der Waals surface area (Å²) < 4.78 is 0. The van der Waals surface area contributed by atoms with E-state index in [9.17, 15) is 0 Å². The molecule has 1 aromatic rings. The van der Waals surface area contributed by atoms with Gasteiger partial charge in [-0.1, -0.05) is 43.4 Å². The van der Waals surface area contributed by atoms with Gasteiger partial charge in [-0.2, -0.15) is 0 Å². The number of allylic oxidation sites excluding steroid dienone is 4. The summed E-state index contributed by atoms with van der Waals surface area (Å²) in [6.45, 7) is 8.51. The van der Waals surface area contributed by atoms with Gasteiger partial charge in [-0.25, -0.2) is 0 Å². The molecule has 122 valence electrons. The number of hydrogen-bond acceptors (Lipinski definition) is 2. The van der Waals surface area contributed by atoms with E-state index in [1.807, 2.05) is 0 Å². The maximum absolute atomic E-state index is 4.16. The third kappa shape index (κ3) is 3.87. The quantitative estimate of drug-likeness (QED) is 0.846. The zero-order valence-electron chi connectivity index (χ0n) is 14.3. The minimum atomic E-state index is 1.03. The summed E-state index contributed by atoms with van der Waals surface area (Å²) >= 11 is 0. The summed E-state index contributed by atoms with van der Waals surface area (Å²) in [4.78, 5) is 2.31. The molecule has 1 heterocycles. The summed E-state index contributed by atoms with van der Waals surface area (Å²) in [6.07, 6.45) is 13.9. The van der Waals surface area contributed by atoms with Crippen molar-refractivity contribution in [1.29, 1.82) is 0 Å². The number of nitrogens with one attached hydrogen (secondary N) is 1. The molecule has 0 unspecified atom stereocenters. The molecule has 0 saturated carbocycles. The molecule has 1 fully saturated rings. The van der Waals surface area contributed by atoms with Crippen LogP contribution >= 0.6 is 0 Å². The van der Waals surface area contributed by atoms with Gasteiger partial charge in [0.2, 0.25) is 0 Å². The van der Waals surface area contributed by atoms with Crippen LogP contribution in [0.4, 0.5) is 5.69 Å². The topological polar surface area (TPSA) is 15.3 Å². The highest BCUT2D eigenvalue weighted by Gasteiger charge is 2.15. The van der Waals surface area contributed by atoms with Crippen molar-refractivity contribution >= 4 is 5.69 Å². The molecular weight excluding hydrogens is 280 g/mol. The van der Waals surface area contributed by atoms with Crippen molar-refractivity contribution in [3.05, 3.63) is 65.5 Å². The fourth-order valence-electron chi connectivity index (χ4n) is 3.48. The highest BCUT2D eigenvalue weighted by Crippen LogP contribution is 2.26. The van der Waals surface area contributed by atoms with Crippen molar-refractivity contribution in [3.63, 3.8) is 0 Å². The number of benzene rings is 1. The predicted molar refractivity (Wildman–Crippen MR) is 99.7 cm³/mol. The Morgan fingerprint density at radius 2 is 2.09 bits per heavy atom. The van der Waals surface area contributed by atoms with Crippen molar-refractivity contribution in [2.24, 2.45) is 0 Å². The Balaban J connectivity index is 1.77. The molecule has 0 bridgehead atoms. The monoisotopic (exact) mass is 308 g/mol. The first-order chi connectivity index (χ1) is 11.3. The summed E-state index contributed by atoms with van der Waals surface area (Å²) in [5.74, 6) is 1.03. The van der Waals surface area contributed by atoms with Gasteiger partial charge < -0.3 is 10.2 Å². The molecule has 3 rings (SSSR count). The van der Waals surface area contributed by atoms with Crippen LogP contribution in [0.1, 0.15) is 43.7 Å². The van der Waals surface area contributed by atoms with Crippen LogP contribution in [0.3, 0.4) is 0 Å². The Hall–Kier alpha value is -1.96. The first-order valence-corrected chi connectivity index (χ1v) is 8.95. The third-order valence-electron chi connectivity index (χ3n) is 4.85. The molecule has 1 N–H and O–H groups in total. The molecule has 2 aliphatic rings. The zero-order valence-corrected chi connectivity index (χ0v) is 14.3. The molecule has 1 aliphatic heterocycles. The first-order valence-electron chi connectivity index (χ1n) is 8.95. The van der Waals surface area contributed by atoms with Gasteiger partial charge in [0.25, 0.3) is 0 Å². The molecule has 0 radical (unpaired) electrons. The standard InChI is InChI=1S/C21H28N2/c1-3-19-12-13-21(23-15-7-14-22-17(23)2)16-20(19)11-10-18-8-5-4-6-9-18/h5,8-9,12-13,16,22H,2-4,6-7,10-11,14-15H2,1H3. The van der Waals surface area contributed by atoms with Crippen LogP contribution in [0.2, 0.25) is 0 Å². The normalized spacial score (nSPS) is 17.9. The molecule has 1 aliphatic carbocycles. The van der Waals surface area contributed by atoms with Crippen molar-refractivity contribution in [2.45, 2.75) is 45.4 Å². The van der Waals surface area contributed by atoms with Crippen LogP contribution in [0.5, 0.6) is 0 Å². The van der Waals surface area contributed by atoms with Crippen molar-refractivity contribution in [1.82, 2.24) is 5.32 Å². The van der Waals surface area contributed by atoms with E-state index in [4.69, 9.17) is 0 Å². The average Bonchev–Trinajstić information content (AvgIpc) is 2.61. The van der Waals surface area contributed by atoms with Gasteiger partial charge in [0.1, 0.15) is 0 Å². The van der Waals surface area contributed by atoms with E-state index in [1.54, 1.807) is 0 Å². The Morgan fingerprint density at radius 1 is 1.17 bits per heavy atom. The number of nitrogens with zero attached hydrogens (tertiary/aromatic N) is 1. The second-order valence-corrected chi connectivity index (χ2v) is 6.44. The maximum Gasteiger partial charge on any atom is 0.0983 e. The number of rotatable bonds is 5. The van der Waals surface area contributed by atoms with Gasteiger partial charge in [0, 0.05) is 18.8 Å². The van der Waals surface area contributed by atoms with Crippen LogP contribution in [0, 0.1) is 0 Å². The Bertz CT molecular complexity index is 625. The fourth-order valence-corrected chi connectivity index (χ4v) is 3.48. The Morgan fingerprint density at radius 3 is 2.83 bits per heavy atom. The van der Waals surface area contributed by atoms with E-state index >= 15 is 0 Å². The third-order valence-corrected chi connectivity index (χ3v) is 4.85. The van der Waals surface area contributed by atoms with Crippen molar-refractivity contribution in [3.8, 4) is 0 Å². The minimum absolute atomic E-state index is 1.03. The second kappa shape index (κ2) is 7.54. The molecule has 0 amide bonds. The van der Waals surface area contributed by atoms with Gasteiger partial charge in [0.05, 0.1) is 5.82 Å². The van der Waals surface area contributed by atoms with Crippen LogP contribution in [0.15, 0.2) is 54.4 Å². The fraction of sp³-hybridized carbons (Fsp3) is 0.429. The lowest BCUT2D eigenvalue weighted by molar-refractivity contribution is 0.627. The van der Waals surface area contributed by atoms with E-state index in [-0.39, 0.29) is 0 Å². The number of anilines is 1. The highest BCUT2D eigenvalue weighted by molar-refractivity contribution is 5.55. The zero-order chi connectivity index (χ0) is 16.1. The van der Waals surface area contributed by atoms with Gasteiger partial charge in [0.15, 0.2) is 0 Å². The summed E-state index contributed by atoms with van der Waals surface area (Å²) in [5.41, 5.74) is 5.74. The molecule has 0 atom stereocenters.